The Labute approximate surface area is 156 Å². The molecule has 0 fully saturated rings. The first kappa shape index (κ1) is 18.3. The lowest BCUT2D eigenvalue weighted by Gasteiger charge is -2.11. The molecule has 1 N–H and O–H groups in total. The number of halogens is 1. The topological polar surface area (TPSA) is 68.5 Å². The number of hydrogen-bond donors (Lipinski definition) is 1. The van der Waals surface area contributed by atoms with Gasteiger partial charge in [-0.05, 0) is 30.2 Å². The smallest absolute Gasteiger partial charge is 0.262 e. The second-order valence-electron chi connectivity index (χ2n) is 5.92. The fourth-order valence-corrected chi connectivity index (χ4v) is 2.82. The molecule has 0 unspecified atom stereocenters. The molecular weight excluding hydrogens is 347 g/mol. The van der Waals surface area contributed by atoms with Gasteiger partial charge in [-0.1, -0.05) is 41.6 Å². The van der Waals surface area contributed by atoms with Gasteiger partial charge in [-0.2, -0.15) is 9.49 Å². The van der Waals surface area contributed by atoms with Gasteiger partial charge in [0.15, 0.2) is 0 Å². The number of oxime groups is 1. The summed E-state index contributed by atoms with van der Waals surface area (Å²) in [5.74, 6) is -1.21. The third-order valence-corrected chi connectivity index (χ3v) is 4.06. The molecule has 0 spiro atoms. The number of carbonyl (C=O) groups excluding carboxylic acids is 1. The summed E-state index contributed by atoms with van der Waals surface area (Å²) < 4.78 is 15.2. The van der Waals surface area contributed by atoms with Crippen LogP contribution in [0.4, 0.5) is 10.1 Å². The maximum Gasteiger partial charge on any atom is 0.262 e. The lowest BCUT2D eigenvalue weighted by atomic mass is 10.0. The number of nitrogens with one attached hydrogen (secondary N) is 1. The Morgan fingerprint density at radius 2 is 2.04 bits per heavy atom. The molecule has 0 bridgehead atoms. The summed E-state index contributed by atoms with van der Waals surface area (Å²) in [5.41, 5.74) is 3.39. The molecule has 0 radical (unpaired) electrons. The summed E-state index contributed by atoms with van der Waals surface area (Å²) in [6.45, 7) is 1.60. The highest BCUT2D eigenvalue weighted by Gasteiger charge is 2.21. The third-order valence-electron chi connectivity index (χ3n) is 4.06. The molecule has 0 aliphatic carbocycles. The minimum absolute atomic E-state index is 0.0618. The van der Waals surface area contributed by atoms with E-state index < -0.39 is 11.9 Å². The normalized spacial score (nSPS) is 11.0. The minimum atomic E-state index is -0.666. The summed E-state index contributed by atoms with van der Waals surface area (Å²) in [4.78, 5) is 17.3. The molecule has 0 aliphatic heterocycles. The van der Waals surface area contributed by atoms with Crippen molar-refractivity contribution in [3.63, 3.8) is 0 Å². The molecule has 1 aromatic heterocycles. The molecule has 138 valence electrons. The van der Waals surface area contributed by atoms with Gasteiger partial charge in [0.05, 0.1) is 11.9 Å². The molecule has 27 heavy (non-hydrogen) atoms. The van der Waals surface area contributed by atoms with E-state index in [-0.39, 0.29) is 5.56 Å². The zero-order valence-electron chi connectivity index (χ0n) is 15.2. The van der Waals surface area contributed by atoms with Crippen molar-refractivity contribution in [3.05, 3.63) is 71.3 Å². The third kappa shape index (κ3) is 3.87. The van der Waals surface area contributed by atoms with Gasteiger partial charge in [0, 0.05) is 18.3 Å². The highest BCUT2D eigenvalue weighted by molar-refractivity contribution is 6.07. The van der Waals surface area contributed by atoms with E-state index in [1.165, 1.54) is 14.2 Å². The number of benzene rings is 2. The number of nitrogens with zero attached hydrogens (tertiary/aromatic N) is 3. The van der Waals surface area contributed by atoms with Gasteiger partial charge in [0.2, 0.25) is 5.95 Å². The first-order valence-corrected chi connectivity index (χ1v) is 8.27. The lowest BCUT2D eigenvalue weighted by Crippen LogP contribution is -2.15. The van der Waals surface area contributed by atoms with Crippen LogP contribution in [0.5, 0.6) is 0 Å². The quantitative estimate of drug-likeness (QED) is 0.552. The van der Waals surface area contributed by atoms with Crippen LogP contribution in [0.25, 0.3) is 11.1 Å². The molecule has 0 saturated carbocycles. The average molecular weight is 366 g/mol. The predicted octanol–water partition coefficient (Wildman–Crippen LogP) is 3.77. The second-order valence-corrected chi connectivity index (χ2v) is 5.92. The van der Waals surface area contributed by atoms with E-state index in [4.69, 9.17) is 4.84 Å². The van der Waals surface area contributed by atoms with Crippen molar-refractivity contribution in [2.75, 3.05) is 12.4 Å². The minimum Gasteiger partial charge on any atom is -0.399 e. The molecular formula is C20H19FN4O2. The molecule has 0 saturated heterocycles. The molecule has 0 aliphatic rings. The Bertz CT molecular complexity index is 1010. The van der Waals surface area contributed by atoms with Crippen molar-refractivity contribution in [3.8, 4) is 11.1 Å². The summed E-state index contributed by atoms with van der Waals surface area (Å²) in [5, 5.41) is 10.5. The summed E-state index contributed by atoms with van der Waals surface area (Å²) >= 11 is 0. The summed E-state index contributed by atoms with van der Waals surface area (Å²) in [7, 11) is 2.94. The number of amides is 1. The van der Waals surface area contributed by atoms with Gasteiger partial charge >= 0.3 is 0 Å². The maximum absolute atomic E-state index is 14.2. The fourth-order valence-electron chi connectivity index (χ4n) is 2.82. The number of hydrogen-bond acceptors (Lipinski definition) is 4. The Hall–Kier alpha value is -3.48. The van der Waals surface area contributed by atoms with E-state index in [9.17, 15) is 9.18 Å². The second kappa shape index (κ2) is 7.82. The number of para-hydroxylation sites is 1. The van der Waals surface area contributed by atoms with Crippen LogP contribution >= 0.6 is 0 Å². The summed E-state index contributed by atoms with van der Waals surface area (Å²) in [6, 6.07) is 15.0. The Balaban J connectivity index is 1.95. The van der Waals surface area contributed by atoms with E-state index >= 15 is 0 Å². The Morgan fingerprint density at radius 3 is 2.74 bits per heavy atom. The van der Waals surface area contributed by atoms with Gasteiger partial charge < -0.3 is 10.2 Å². The van der Waals surface area contributed by atoms with Gasteiger partial charge in [-0.3, -0.25) is 4.79 Å². The zero-order valence-corrected chi connectivity index (χ0v) is 15.2. The Morgan fingerprint density at radius 1 is 1.26 bits per heavy atom. The number of aryl methyl sites for hydroxylation is 2. The Kier molecular flexibility index (Phi) is 5.30. The largest absolute Gasteiger partial charge is 0.399 e. The highest BCUT2D eigenvalue weighted by atomic mass is 19.1. The van der Waals surface area contributed by atoms with Crippen LogP contribution in [0.1, 0.15) is 21.6 Å². The van der Waals surface area contributed by atoms with Crippen molar-refractivity contribution < 1.29 is 14.0 Å². The number of carbonyl (C=O) groups is 1. The van der Waals surface area contributed by atoms with Gasteiger partial charge in [-0.25, -0.2) is 4.68 Å². The average Bonchev–Trinajstić information content (AvgIpc) is 2.92. The van der Waals surface area contributed by atoms with Crippen molar-refractivity contribution in [1.29, 1.82) is 0 Å². The number of rotatable bonds is 5. The van der Waals surface area contributed by atoms with E-state index in [1.807, 2.05) is 42.5 Å². The zero-order chi connectivity index (χ0) is 19.4. The fraction of sp³-hybridized carbons (Fsp3) is 0.150. The molecule has 6 nitrogen and oxygen atoms in total. The van der Waals surface area contributed by atoms with Crippen molar-refractivity contribution in [2.45, 2.75) is 6.92 Å². The first-order chi connectivity index (χ1) is 13.0. The van der Waals surface area contributed by atoms with E-state index in [0.29, 0.717) is 11.4 Å². The molecule has 2 aromatic carbocycles. The molecule has 3 rings (SSSR count). The van der Waals surface area contributed by atoms with Crippen LogP contribution in [0, 0.1) is 12.9 Å². The van der Waals surface area contributed by atoms with Gasteiger partial charge in [0.25, 0.3) is 5.91 Å². The van der Waals surface area contributed by atoms with E-state index in [0.717, 1.165) is 21.4 Å². The molecule has 7 heteroatoms. The van der Waals surface area contributed by atoms with Crippen LogP contribution in [0.3, 0.4) is 0 Å². The standard InChI is InChI=1S/C20H19FN4O2/c1-13-18(19(21)25(2)24-13)20(26)23-17-10-5-4-9-16(17)15-8-6-7-14(11-15)12-22-27-3/h4-12H,1-3H3,(H,23,26)/b22-12+. The SMILES string of the molecule is CO/N=C/c1cccc(-c2ccccc2NC(=O)c2c(C)nn(C)c2F)c1. The van der Waals surface area contributed by atoms with Crippen molar-refractivity contribution in [1.82, 2.24) is 9.78 Å². The predicted molar refractivity (Wildman–Crippen MR) is 102 cm³/mol. The van der Waals surface area contributed by atoms with Crippen LogP contribution in [0.2, 0.25) is 0 Å². The van der Waals surface area contributed by atoms with Crippen LogP contribution in [0.15, 0.2) is 53.7 Å². The first-order valence-electron chi connectivity index (χ1n) is 8.27. The number of aromatic nitrogens is 2. The van der Waals surface area contributed by atoms with Crippen LogP contribution < -0.4 is 5.32 Å². The summed E-state index contributed by atoms with van der Waals surface area (Å²) in [6.07, 6.45) is 1.60. The maximum atomic E-state index is 14.2. The molecule has 1 heterocycles. The van der Waals surface area contributed by atoms with Gasteiger partial charge in [0.1, 0.15) is 12.7 Å². The monoisotopic (exact) mass is 366 g/mol. The van der Waals surface area contributed by atoms with Gasteiger partial charge in [-0.15, -0.1) is 0 Å². The number of anilines is 1. The highest BCUT2D eigenvalue weighted by Crippen LogP contribution is 2.29. The van der Waals surface area contributed by atoms with Crippen LogP contribution in [-0.4, -0.2) is 29.0 Å². The van der Waals surface area contributed by atoms with E-state index in [1.54, 1.807) is 19.2 Å². The van der Waals surface area contributed by atoms with Crippen molar-refractivity contribution >= 4 is 17.8 Å². The van der Waals surface area contributed by atoms with Crippen LogP contribution in [-0.2, 0) is 11.9 Å². The lowest BCUT2D eigenvalue weighted by molar-refractivity contribution is 0.102. The van der Waals surface area contributed by atoms with E-state index in [2.05, 4.69) is 15.6 Å². The molecule has 0 atom stereocenters. The van der Waals surface area contributed by atoms with Crippen molar-refractivity contribution in [2.24, 2.45) is 12.2 Å². The molecule has 1 amide bonds. The molecule has 3 aromatic rings.